The van der Waals surface area contributed by atoms with Gasteiger partial charge in [-0.05, 0) is 19.1 Å². The molecule has 2 amide bonds. The highest BCUT2D eigenvalue weighted by Crippen LogP contribution is 2.45. The molecule has 3 aromatic rings. The second kappa shape index (κ2) is 8.08. The van der Waals surface area contributed by atoms with Gasteiger partial charge in [0.15, 0.2) is 17.3 Å². The summed E-state index contributed by atoms with van der Waals surface area (Å²) in [5, 5.41) is 12.1. The Kier molecular flexibility index (Phi) is 5.36. The molecule has 13 heteroatoms. The van der Waals surface area contributed by atoms with Gasteiger partial charge in [0.1, 0.15) is 17.2 Å². The highest BCUT2D eigenvalue weighted by Gasteiger charge is 2.54. The molecule has 1 atom stereocenters. The summed E-state index contributed by atoms with van der Waals surface area (Å²) in [7, 11) is 0. The molecule has 2 N–H and O–H groups in total. The van der Waals surface area contributed by atoms with E-state index in [0.29, 0.717) is 6.07 Å². The minimum absolute atomic E-state index is 0.0472. The highest BCUT2D eigenvalue weighted by atomic mass is 19.3. The number of β-amino-alcohol motifs (C(OH)–C–C–N with tert-alkyl or cyclic N) is 1. The molecule has 2 aliphatic rings. The number of fused-ring (bicyclic) bond motifs is 1. The van der Waals surface area contributed by atoms with Gasteiger partial charge in [0.25, 0.3) is 11.8 Å². The molecular formula is C23H19F4N5O4. The molecule has 1 saturated heterocycles. The Morgan fingerprint density at radius 2 is 1.94 bits per heavy atom. The van der Waals surface area contributed by atoms with Crippen LogP contribution < -0.4 is 15.6 Å². The number of halogens is 4. The van der Waals surface area contributed by atoms with Gasteiger partial charge < -0.3 is 10.4 Å². The number of anilines is 1. The first kappa shape index (κ1) is 23.9. The van der Waals surface area contributed by atoms with Crippen molar-refractivity contribution in [2.45, 2.75) is 43.8 Å². The van der Waals surface area contributed by atoms with Crippen LogP contribution in [0.2, 0.25) is 0 Å². The lowest BCUT2D eigenvalue weighted by atomic mass is 9.75. The summed E-state index contributed by atoms with van der Waals surface area (Å²) >= 11 is 0. The standard InChI is InChI=1S/C23H19F4N5O4/c1-22(9-23(26,27)10-22)30-21(36)14-8-32(20-15(25)4-11(24)6-28-20)19-13(18(14)35)2-3-16(29-19)31-7-12(33)5-17(31)34/h2-4,6,8,12,33H,5,7,9-10H2,1H3,(H,30,36)/t12-/m0/s1. The van der Waals surface area contributed by atoms with Crippen LogP contribution in [0.25, 0.3) is 16.9 Å². The van der Waals surface area contributed by atoms with E-state index < -0.39 is 70.7 Å². The number of aromatic nitrogens is 3. The van der Waals surface area contributed by atoms with Crippen LogP contribution in [0.4, 0.5) is 23.4 Å². The number of hydrogen-bond acceptors (Lipinski definition) is 6. The van der Waals surface area contributed by atoms with Crippen molar-refractivity contribution in [3.05, 3.63) is 58.0 Å². The second-order valence-electron chi connectivity index (χ2n) is 9.33. The number of carbonyl (C=O) groups is 2. The van der Waals surface area contributed by atoms with Crippen LogP contribution in [0.15, 0.2) is 35.4 Å². The number of carbonyl (C=O) groups excluding carboxylic acids is 2. The SMILES string of the molecule is CC1(NC(=O)c2cn(-c3ncc(F)cc3F)c3nc(N4C[C@@H](O)CC4=O)ccc3c2=O)CC(F)(F)C1. The van der Waals surface area contributed by atoms with Crippen molar-refractivity contribution < 1.29 is 32.3 Å². The van der Waals surface area contributed by atoms with Gasteiger partial charge in [-0.1, -0.05) is 0 Å². The third kappa shape index (κ3) is 4.08. The van der Waals surface area contributed by atoms with Crippen LogP contribution in [0, 0.1) is 11.6 Å². The number of pyridine rings is 3. The van der Waals surface area contributed by atoms with E-state index in [1.807, 2.05) is 0 Å². The fourth-order valence-corrected chi connectivity index (χ4v) is 4.68. The Labute approximate surface area is 200 Å². The van der Waals surface area contributed by atoms with Gasteiger partial charge in [-0.25, -0.2) is 27.5 Å². The van der Waals surface area contributed by atoms with Gasteiger partial charge in [-0.2, -0.15) is 0 Å². The Hall–Kier alpha value is -3.87. The largest absolute Gasteiger partial charge is 0.391 e. The Morgan fingerprint density at radius 3 is 2.56 bits per heavy atom. The first-order chi connectivity index (χ1) is 16.9. The van der Waals surface area contributed by atoms with E-state index >= 15 is 0 Å². The van der Waals surface area contributed by atoms with E-state index in [9.17, 15) is 37.1 Å². The van der Waals surface area contributed by atoms with Crippen molar-refractivity contribution in [1.29, 1.82) is 0 Å². The van der Waals surface area contributed by atoms with Crippen LogP contribution in [0.5, 0.6) is 0 Å². The van der Waals surface area contributed by atoms with E-state index in [1.54, 1.807) is 0 Å². The number of aliphatic hydroxyl groups excluding tert-OH is 1. The third-order valence-corrected chi connectivity index (χ3v) is 6.19. The summed E-state index contributed by atoms with van der Waals surface area (Å²) in [4.78, 5) is 47.6. The monoisotopic (exact) mass is 505 g/mol. The van der Waals surface area contributed by atoms with Gasteiger partial charge in [-0.3, -0.25) is 23.9 Å². The predicted molar refractivity (Wildman–Crippen MR) is 118 cm³/mol. The minimum Gasteiger partial charge on any atom is -0.391 e. The van der Waals surface area contributed by atoms with Gasteiger partial charge in [0.05, 0.1) is 30.7 Å². The van der Waals surface area contributed by atoms with Crippen molar-refractivity contribution in [2.75, 3.05) is 11.4 Å². The maximum Gasteiger partial charge on any atom is 0.257 e. The van der Waals surface area contributed by atoms with Gasteiger partial charge >= 0.3 is 0 Å². The molecule has 0 unspecified atom stereocenters. The number of nitrogens with one attached hydrogen (secondary N) is 1. The molecule has 0 radical (unpaired) electrons. The molecular weight excluding hydrogens is 486 g/mol. The van der Waals surface area contributed by atoms with Gasteiger partial charge in [0.2, 0.25) is 11.3 Å². The number of rotatable bonds is 4. The van der Waals surface area contributed by atoms with Crippen molar-refractivity contribution >= 4 is 28.7 Å². The van der Waals surface area contributed by atoms with Crippen molar-refractivity contribution in [1.82, 2.24) is 19.9 Å². The maximum atomic E-state index is 14.7. The summed E-state index contributed by atoms with van der Waals surface area (Å²) in [5.41, 5.74) is -2.75. The molecule has 2 fully saturated rings. The molecule has 1 saturated carbocycles. The molecule has 1 aliphatic carbocycles. The number of alkyl halides is 2. The summed E-state index contributed by atoms with van der Waals surface area (Å²) in [6.45, 7) is 1.37. The first-order valence-corrected chi connectivity index (χ1v) is 10.9. The average Bonchev–Trinajstić information content (AvgIpc) is 3.10. The van der Waals surface area contributed by atoms with E-state index in [2.05, 4.69) is 15.3 Å². The maximum absolute atomic E-state index is 14.7. The molecule has 5 rings (SSSR count). The molecule has 3 aromatic heterocycles. The van der Waals surface area contributed by atoms with E-state index in [-0.39, 0.29) is 29.8 Å². The molecule has 0 spiro atoms. The zero-order valence-electron chi connectivity index (χ0n) is 18.8. The minimum atomic E-state index is -2.94. The fourth-order valence-electron chi connectivity index (χ4n) is 4.68. The number of amides is 2. The van der Waals surface area contributed by atoms with Crippen LogP contribution >= 0.6 is 0 Å². The van der Waals surface area contributed by atoms with Crippen LogP contribution in [-0.2, 0) is 4.79 Å². The predicted octanol–water partition coefficient (Wildman–Crippen LogP) is 2.07. The van der Waals surface area contributed by atoms with Crippen molar-refractivity contribution in [2.24, 2.45) is 0 Å². The molecule has 0 bridgehead atoms. The fraction of sp³-hybridized carbons (Fsp3) is 0.348. The molecule has 188 valence electrons. The second-order valence-corrected chi connectivity index (χ2v) is 9.33. The van der Waals surface area contributed by atoms with E-state index in [4.69, 9.17) is 0 Å². The Bertz CT molecular complexity index is 1480. The number of nitrogens with zero attached hydrogens (tertiary/aromatic N) is 4. The molecule has 4 heterocycles. The zero-order chi connectivity index (χ0) is 26.0. The van der Waals surface area contributed by atoms with Crippen molar-refractivity contribution in [3.63, 3.8) is 0 Å². The van der Waals surface area contributed by atoms with Gasteiger partial charge in [0, 0.05) is 30.6 Å². The topological polar surface area (TPSA) is 117 Å². The Morgan fingerprint density at radius 1 is 1.22 bits per heavy atom. The summed E-state index contributed by atoms with van der Waals surface area (Å²) in [5.74, 6) is -6.85. The Balaban J connectivity index is 1.66. The first-order valence-electron chi connectivity index (χ1n) is 10.9. The third-order valence-electron chi connectivity index (χ3n) is 6.19. The lowest BCUT2D eigenvalue weighted by molar-refractivity contribution is -0.124. The quantitative estimate of drug-likeness (QED) is 0.525. The zero-order valence-corrected chi connectivity index (χ0v) is 18.8. The number of hydrogen-bond donors (Lipinski definition) is 2. The summed E-state index contributed by atoms with van der Waals surface area (Å²) in [6.07, 6.45) is -0.591. The van der Waals surface area contributed by atoms with Crippen LogP contribution in [-0.4, -0.2) is 55.6 Å². The molecule has 36 heavy (non-hydrogen) atoms. The average molecular weight is 505 g/mol. The smallest absolute Gasteiger partial charge is 0.257 e. The number of aliphatic hydroxyl groups is 1. The van der Waals surface area contributed by atoms with Crippen molar-refractivity contribution in [3.8, 4) is 5.82 Å². The molecule has 9 nitrogen and oxygen atoms in total. The lowest BCUT2D eigenvalue weighted by Crippen LogP contribution is -2.60. The van der Waals surface area contributed by atoms with Gasteiger partial charge in [-0.15, -0.1) is 0 Å². The molecule has 0 aromatic carbocycles. The molecule has 1 aliphatic heterocycles. The van der Waals surface area contributed by atoms with E-state index in [0.717, 1.165) is 17.0 Å². The van der Waals surface area contributed by atoms with Crippen LogP contribution in [0.1, 0.15) is 36.5 Å². The summed E-state index contributed by atoms with van der Waals surface area (Å²) in [6, 6.07) is 3.15. The normalized spacial score (nSPS) is 20.4. The van der Waals surface area contributed by atoms with E-state index in [1.165, 1.54) is 24.0 Å². The highest BCUT2D eigenvalue weighted by molar-refractivity contribution is 5.99. The summed E-state index contributed by atoms with van der Waals surface area (Å²) < 4.78 is 56.0. The lowest BCUT2D eigenvalue weighted by Gasteiger charge is -2.45. The van der Waals surface area contributed by atoms with Crippen LogP contribution in [0.3, 0.4) is 0 Å².